The smallest absolute Gasteiger partial charge is 0.305 e. The molecule has 72 heavy (non-hydrogen) atoms. The van der Waals surface area contributed by atoms with Crippen LogP contribution in [0.4, 0.5) is 0 Å². The summed E-state index contributed by atoms with van der Waals surface area (Å²) < 4.78 is 11.3. The Morgan fingerprint density at radius 3 is 1.78 bits per heavy atom. The summed E-state index contributed by atoms with van der Waals surface area (Å²) >= 11 is 0. The van der Waals surface area contributed by atoms with Gasteiger partial charge in [-0.1, -0.05) is 152 Å². The van der Waals surface area contributed by atoms with Gasteiger partial charge in [-0.05, 0) is 136 Å². The molecule has 0 aliphatic heterocycles. The highest BCUT2D eigenvalue weighted by atomic mass is 16.5. The summed E-state index contributed by atoms with van der Waals surface area (Å²) in [5, 5.41) is 3.60. The molecule has 2 aliphatic rings. The van der Waals surface area contributed by atoms with E-state index >= 15 is 4.79 Å². The number of unbranched alkanes of at least 4 members (excludes halogenated alkanes) is 14. The van der Waals surface area contributed by atoms with Gasteiger partial charge in [-0.15, -0.1) is 11.8 Å². The van der Waals surface area contributed by atoms with Crippen molar-refractivity contribution in [2.75, 3.05) is 40.4 Å². The summed E-state index contributed by atoms with van der Waals surface area (Å²) in [6, 6.07) is 0. The maximum absolute atomic E-state index is 15.5. The third kappa shape index (κ3) is 29.6. The van der Waals surface area contributed by atoms with Crippen molar-refractivity contribution >= 4 is 23.8 Å². The van der Waals surface area contributed by atoms with E-state index in [0.29, 0.717) is 51.0 Å². The molecule has 2 atom stereocenters. The van der Waals surface area contributed by atoms with Crippen LogP contribution in [0.1, 0.15) is 246 Å². The predicted octanol–water partition coefficient (Wildman–Crippen LogP) is 14.6. The van der Waals surface area contributed by atoms with Crippen LogP contribution >= 0.6 is 0 Å². The molecule has 2 aliphatic carbocycles. The Morgan fingerprint density at radius 1 is 0.653 bits per heavy atom. The van der Waals surface area contributed by atoms with Gasteiger partial charge in [-0.3, -0.25) is 19.2 Å². The van der Waals surface area contributed by atoms with Crippen LogP contribution in [-0.4, -0.2) is 85.0 Å². The Kier molecular flexibility index (Phi) is 36.7. The first-order chi connectivity index (χ1) is 35.0. The van der Waals surface area contributed by atoms with Gasteiger partial charge < -0.3 is 24.6 Å². The van der Waals surface area contributed by atoms with E-state index in [1.165, 1.54) is 44.1 Å². The molecule has 0 spiro atoms. The standard InChI is InChI=1S/C63H103N3O6/c1-7-10-13-16-19-22-23-24-25-26-27-28-29-30-33-36-42-58(67)66(50-41-49-65(5)6)63(61(70)64-62-48-45-57(55-62)53-56(4)54-62,46-39-43-59(68)71-51-37-34-31-20-17-14-11-8-2)47-40-44-60(69)72-52-38-35-32-21-18-15-12-9-3/h10,13,19,22,24-25,45,56H,7-9,11-12,14-18,20-21,23,26-30,33,36-44,46-55H2,1-6H3,(H,64,70)/b13-10-,22-19-,25-24-. The molecular weight excluding hydrogens is 895 g/mol. The number of carbonyl (C=O) groups excluding carboxylic acids is 4. The fourth-order valence-electron chi connectivity index (χ4n) is 10.3. The monoisotopic (exact) mass is 998 g/mol. The van der Waals surface area contributed by atoms with Crippen molar-refractivity contribution in [1.29, 1.82) is 0 Å². The molecule has 0 aromatic carbocycles. The van der Waals surface area contributed by atoms with E-state index in [1.807, 2.05) is 19.0 Å². The van der Waals surface area contributed by atoms with Crippen LogP contribution < -0.4 is 5.32 Å². The third-order valence-corrected chi connectivity index (χ3v) is 14.1. The molecule has 1 saturated carbocycles. The van der Waals surface area contributed by atoms with Crippen molar-refractivity contribution in [2.24, 2.45) is 5.92 Å². The highest BCUT2D eigenvalue weighted by Gasteiger charge is 2.50. The number of amides is 2. The van der Waals surface area contributed by atoms with Gasteiger partial charge in [0.1, 0.15) is 18.8 Å². The molecule has 0 aromatic heterocycles. The van der Waals surface area contributed by atoms with Crippen LogP contribution in [0.5, 0.6) is 0 Å². The average molecular weight is 999 g/mol. The minimum atomic E-state index is -1.27. The molecule has 0 saturated heterocycles. The quantitative estimate of drug-likeness (QED) is 0.0281. The van der Waals surface area contributed by atoms with Crippen LogP contribution in [0.3, 0.4) is 0 Å². The average Bonchev–Trinajstić information content (AvgIpc) is 3.66. The number of nitrogens with one attached hydrogen (secondary N) is 1. The van der Waals surface area contributed by atoms with E-state index < -0.39 is 11.1 Å². The lowest BCUT2D eigenvalue weighted by Gasteiger charge is -2.47. The summed E-state index contributed by atoms with van der Waals surface area (Å²) in [7, 11) is 4.05. The maximum Gasteiger partial charge on any atom is 0.305 e. The van der Waals surface area contributed by atoms with Gasteiger partial charge >= 0.3 is 11.9 Å². The highest BCUT2D eigenvalue weighted by Crippen LogP contribution is 2.44. The molecule has 0 heterocycles. The molecule has 1 fully saturated rings. The van der Waals surface area contributed by atoms with Gasteiger partial charge in [-0.2, -0.15) is 0 Å². The van der Waals surface area contributed by atoms with Crippen molar-refractivity contribution < 1.29 is 28.7 Å². The number of esters is 2. The van der Waals surface area contributed by atoms with Crippen LogP contribution in [0.15, 0.2) is 48.1 Å². The lowest BCUT2D eigenvalue weighted by molar-refractivity contribution is -0.152. The predicted molar refractivity (Wildman–Crippen MR) is 300 cm³/mol. The van der Waals surface area contributed by atoms with Crippen molar-refractivity contribution in [2.45, 2.75) is 257 Å². The van der Waals surface area contributed by atoms with Gasteiger partial charge in [0.05, 0.1) is 0 Å². The summed E-state index contributed by atoms with van der Waals surface area (Å²) in [6.07, 6.45) is 44.3. The number of nitrogens with zero attached hydrogens (tertiary/aromatic N) is 2. The number of hydrogen-bond donors (Lipinski definition) is 1. The van der Waals surface area contributed by atoms with Crippen molar-refractivity contribution in [3.8, 4) is 23.7 Å². The first-order valence-electron chi connectivity index (χ1n) is 29.1. The molecule has 2 unspecified atom stereocenters. The highest BCUT2D eigenvalue weighted by molar-refractivity contribution is 5.92. The molecule has 2 rings (SSSR count). The minimum Gasteiger partial charge on any atom is -0.465 e. The van der Waals surface area contributed by atoms with Gasteiger partial charge in [0, 0.05) is 57.0 Å². The second-order valence-electron chi connectivity index (χ2n) is 21.2. The fourth-order valence-corrected chi connectivity index (χ4v) is 10.3. The number of fused-ring (bicyclic) bond motifs is 2. The third-order valence-electron chi connectivity index (χ3n) is 14.1. The Bertz CT molecular complexity index is 1700. The van der Waals surface area contributed by atoms with Crippen molar-refractivity contribution in [1.82, 2.24) is 15.1 Å². The maximum atomic E-state index is 15.5. The summed E-state index contributed by atoms with van der Waals surface area (Å²) in [5.41, 5.74) is -0.288. The van der Waals surface area contributed by atoms with Gasteiger partial charge in [-0.25, -0.2) is 0 Å². The largest absolute Gasteiger partial charge is 0.465 e. The zero-order valence-corrected chi connectivity index (χ0v) is 46.8. The lowest BCUT2D eigenvalue weighted by Crippen LogP contribution is -2.65. The number of hydrogen-bond acceptors (Lipinski definition) is 7. The summed E-state index contributed by atoms with van der Waals surface area (Å²) in [4.78, 5) is 61.0. The van der Waals surface area contributed by atoms with Crippen LogP contribution in [0.2, 0.25) is 0 Å². The SMILES string of the molecule is CC/C=C\C/C=C\C/C=C\CCCCCCCCC(=O)N(CCCN(C)C)C(CCCC(=O)OCCC#CCCCCCC)(CCCC(=O)OCCC#CCCCCCC)C(=O)NC12CC=C(CC(C)C1)C2. The second-order valence-corrected chi connectivity index (χ2v) is 21.2. The molecule has 2 amide bonds. The minimum absolute atomic E-state index is 0.0316. The molecule has 406 valence electrons. The number of rotatable bonds is 41. The number of ether oxygens (including phenoxy) is 2. The fraction of sp³-hybridized carbons (Fsp3) is 0.746. The lowest BCUT2D eigenvalue weighted by atomic mass is 9.76. The summed E-state index contributed by atoms with van der Waals surface area (Å²) in [5.74, 6) is 12.3. The van der Waals surface area contributed by atoms with E-state index in [2.05, 4.69) is 104 Å². The van der Waals surface area contributed by atoms with Crippen molar-refractivity contribution in [3.63, 3.8) is 0 Å². The Morgan fingerprint density at radius 2 is 1.19 bits per heavy atom. The first-order valence-corrected chi connectivity index (χ1v) is 29.1. The topological polar surface area (TPSA) is 105 Å². The van der Waals surface area contributed by atoms with E-state index in [9.17, 15) is 14.4 Å². The van der Waals surface area contributed by atoms with Crippen LogP contribution in [-0.2, 0) is 28.7 Å². The second kappa shape index (κ2) is 41.3. The van der Waals surface area contributed by atoms with E-state index in [0.717, 1.165) is 122 Å². The zero-order valence-electron chi connectivity index (χ0n) is 46.8. The van der Waals surface area contributed by atoms with E-state index in [4.69, 9.17) is 9.47 Å². The van der Waals surface area contributed by atoms with Crippen LogP contribution in [0, 0.1) is 29.6 Å². The van der Waals surface area contributed by atoms with Crippen LogP contribution in [0.25, 0.3) is 0 Å². The molecular formula is C63H103N3O6. The molecule has 0 aromatic rings. The summed E-state index contributed by atoms with van der Waals surface area (Å²) in [6.45, 7) is 10.4. The Hall–Kier alpha value is -4.08. The van der Waals surface area contributed by atoms with Gasteiger partial charge in [0.15, 0.2) is 0 Å². The van der Waals surface area contributed by atoms with Gasteiger partial charge in [0.2, 0.25) is 11.8 Å². The Labute approximate surface area is 441 Å². The molecule has 9 nitrogen and oxygen atoms in total. The molecule has 2 bridgehead atoms. The molecule has 0 radical (unpaired) electrons. The molecule has 9 heteroatoms. The van der Waals surface area contributed by atoms with Gasteiger partial charge in [0.25, 0.3) is 0 Å². The van der Waals surface area contributed by atoms with E-state index in [-0.39, 0.29) is 62.7 Å². The number of carbonyl (C=O) groups is 4. The van der Waals surface area contributed by atoms with E-state index in [1.54, 1.807) is 0 Å². The Balaban J connectivity index is 2.28. The first kappa shape index (κ1) is 64.0. The zero-order chi connectivity index (χ0) is 52.4. The van der Waals surface area contributed by atoms with Crippen molar-refractivity contribution in [3.05, 3.63) is 48.1 Å². The molecule has 1 N–H and O–H groups in total. The number of allylic oxidation sites excluding steroid dienone is 6. The normalized spacial score (nSPS) is 16.4.